The van der Waals surface area contributed by atoms with E-state index >= 15 is 0 Å². The molecule has 0 saturated carbocycles. The number of H-pyrrole nitrogens is 1. The Hall–Kier alpha value is -3.64. The summed E-state index contributed by atoms with van der Waals surface area (Å²) < 4.78 is 0. The summed E-state index contributed by atoms with van der Waals surface area (Å²) in [6.07, 6.45) is 0.780. The van der Waals surface area contributed by atoms with Crippen molar-refractivity contribution in [3.63, 3.8) is 0 Å². The van der Waals surface area contributed by atoms with E-state index < -0.39 is 5.91 Å². The van der Waals surface area contributed by atoms with E-state index in [2.05, 4.69) is 17.1 Å². The summed E-state index contributed by atoms with van der Waals surface area (Å²) in [7, 11) is 0. The topological polar surface area (TPSA) is 106 Å². The molecule has 1 aromatic heterocycles. The first kappa shape index (κ1) is 19.7. The van der Waals surface area contributed by atoms with Gasteiger partial charge in [-0.25, -0.2) is 4.98 Å². The van der Waals surface area contributed by atoms with Crippen LogP contribution in [0.2, 0.25) is 0 Å². The van der Waals surface area contributed by atoms with E-state index in [9.17, 15) is 4.79 Å². The summed E-state index contributed by atoms with van der Waals surface area (Å²) in [6.45, 7) is 0. The number of carbonyl (C=O) groups excluding carboxylic acids is 1. The van der Waals surface area contributed by atoms with Gasteiger partial charge in [-0.15, -0.1) is 0 Å². The molecule has 0 aliphatic heterocycles. The summed E-state index contributed by atoms with van der Waals surface area (Å²) >= 11 is 1.49. The smallest absolute Gasteiger partial charge is 0.329 e. The van der Waals surface area contributed by atoms with Crippen LogP contribution in [0.15, 0.2) is 78.2 Å². The number of aromatic amines is 1. The fourth-order valence-electron chi connectivity index (χ4n) is 3.63. The number of nitrogen functional groups attached to an aromatic ring is 1. The van der Waals surface area contributed by atoms with Crippen molar-refractivity contribution < 1.29 is 14.9 Å². The Morgan fingerprint density at radius 1 is 1.00 bits per heavy atom. The van der Waals surface area contributed by atoms with Gasteiger partial charge in [0.2, 0.25) is 5.91 Å². The number of hydrogen-bond donors (Lipinski definition) is 2. The number of nitrogens with one attached hydrogen (secondary N) is 1. The second-order valence-electron chi connectivity index (χ2n) is 7.17. The van der Waals surface area contributed by atoms with Gasteiger partial charge in [-0.2, -0.15) is 0 Å². The minimum atomic E-state index is -0.432. The highest BCUT2D eigenvalue weighted by Gasteiger charge is 2.21. The fourth-order valence-corrected chi connectivity index (χ4v) is 4.28. The van der Waals surface area contributed by atoms with Gasteiger partial charge in [-0.05, 0) is 46.9 Å². The maximum Gasteiger partial charge on any atom is 0.329 e. The van der Waals surface area contributed by atoms with E-state index in [0.717, 1.165) is 34.4 Å². The van der Waals surface area contributed by atoms with Crippen molar-refractivity contribution in [2.45, 2.75) is 12.3 Å². The zero-order valence-electron chi connectivity index (χ0n) is 16.3. The maximum absolute atomic E-state index is 11.7. The van der Waals surface area contributed by atoms with E-state index in [1.165, 1.54) is 11.3 Å². The number of anilines is 1. The van der Waals surface area contributed by atoms with Gasteiger partial charge in [0, 0.05) is 23.1 Å². The second kappa shape index (κ2) is 8.39. The molecule has 0 fully saturated rings. The van der Waals surface area contributed by atoms with Crippen LogP contribution in [0.3, 0.4) is 0 Å². The van der Waals surface area contributed by atoms with Crippen LogP contribution >= 0.6 is 11.3 Å². The minimum Gasteiger partial charge on any atom is -0.593 e. The molecule has 3 aromatic carbocycles. The largest absolute Gasteiger partial charge is 0.593 e. The minimum absolute atomic E-state index is 0.0999. The van der Waals surface area contributed by atoms with Crippen LogP contribution in [0, 0.1) is 0 Å². The standard InChI is InChI=1S/C24H21N3O2S/c25-23(29)20-4-2-1-3-19(20)16-7-5-15(6-8-16)13-21(22-14-30-24(26)27-22)17-9-11-18(28)12-10-17/h1-12,14,21,28H,13H2,(H2,25,29)(H2,26,27)/p+2/t21-/m0/s1. The molecule has 1 heterocycles. The molecule has 4 aromatic rings. The van der Waals surface area contributed by atoms with Crippen LogP contribution < -0.4 is 16.5 Å². The first-order valence-corrected chi connectivity index (χ1v) is 10.4. The Morgan fingerprint density at radius 3 is 2.33 bits per heavy atom. The Balaban J connectivity index is 1.64. The van der Waals surface area contributed by atoms with Crippen molar-refractivity contribution in [3.05, 3.63) is 101 Å². The zero-order valence-corrected chi connectivity index (χ0v) is 17.1. The Kier molecular flexibility index (Phi) is 5.50. The van der Waals surface area contributed by atoms with Crippen LogP contribution in [0.4, 0.5) is 5.13 Å². The lowest BCUT2D eigenvalue weighted by Gasteiger charge is -2.15. The van der Waals surface area contributed by atoms with Crippen molar-refractivity contribution in [1.29, 1.82) is 0 Å². The van der Waals surface area contributed by atoms with E-state index in [1.54, 1.807) is 6.07 Å². The first-order valence-electron chi connectivity index (χ1n) is 9.57. The monoisotopic (exact) mass is 417 g/mol. The van der Waals surface area contributed by atoms with Gasteiger partial charge in [-0.1, -0.05) is 53.8 Å². The summed E-state index contributed by atoms with van der Waals surface area (Å²) in [5.74, 6) is 0.157. The first-order chi connectivity index (χ1) is 14.5. The van der Waals surface area contributed by atoms with Gasteiger partial charge in [-0.3, -0.25) is 10.5 Å². The highest BCUT2D eigenvalue weighted by molar-refractivity contribution is 7.13. The molecule has 0 radical (unpaired) electrons. The number of benzene rings is 3. The van der Waals surface area contributed by atoms with Gasteiger partial charge < -0.3 is 10.8 Å². The number of aromatic nitrogens is 1. The van der Waals surface area contributed by atoms with Crippen molar-refractivity contribution >= 4 is 22.4 Å². The molecule has 6 heteroatoms. The van der Waals surface area contributed by atoms with E-state index in [1.807, 2.05) is 60.0 Å². The van der Waals surface area contributed by atoms with E-state index in [4.69, 9.17) is 16.6 Å². The lowest BCUT2D eigenvalue weighted by molar-refractivity contribution is -0.368. The maximum atomic E-state index is 11.7. The van der Waals surface area contributed by atoms with E-state index in [-0.39, 0.29) is 5.92 Å². The van der Waals surface area contributed by atoms with Crippen molar-refractivity contribution in [2.75, 3.05) is 5.73 Å². The van der Waals surface area contributed by atoms with Crippen LogP contribution in [0.1, 0.15) is 33.1 Å². The predicted molar refractivity (Wildman–Crippen MR) is 121 cm³/mol. The molecule has 0 aliphatic rings. The van der Waals surface area contributed by atoms with Crippen LogP contribution in [-0.2, 0) is 6.42 Å². The quantitative estimate of drug-likeness (QED) is 0.467. The number of hydrogen-bond acceptors (Lipinski definition) is 3. The molecule has 0 spiro atoms. The SMILES string of the molecule is NC(=O)c1ccccc1-c1ccc(C[C@@H](c2ccc([OH2+])cc2)c2csc(N)[nH+]2)cc1. The lowest BCUT2D eigenvalue weighted by Crippen LogP contribution is -2.17. The predicted octanol–water partition coefficient (Wildman–Crippen LogP) is 3.72. The molecule has 0 unspecified atom stereocenters. The highest BCUT2D eigenvalue weighted by atomic mass is 32.1. The average Bonchev–Trinajstić information content (AvgIpc) is 3.19. The van der Waals surface area contributed by atoms with Crippen molar-refractivity contribution in [2.24, 2.45) is 5.73 Å². The molecule has 1 amide bonds. The number of amides is 1. The fraction of sp³-hybridized carbons (Fsp3) is 0.0833. The molecule has 5 nitrogen and oxygen atoms in total. The van der Waals surface area contributed by atoms with Gasteiger partial charge in [0.1, 0.15) is 5.69 Å². The third-order valence-corrected chi connectivity index (χ3v) is 5.89. The Morgan fingerprint density at radius 2 is 1.70 bits per heavy atom. The molecule has 150 valence electrons. The number of carbonyl (C=O) groups is 1. The summed E-state index contributed by atoms with van der Waals surface area (Å²) in [5.41, 5.74) is 17.1. The molecule has 0 bridgehead atoms. The molecule has 7 N–H and O–H groups in total. The lowest BCUT2D eigenvalue weighted by atomic mass is 9.89. The summed E-state index contributed by atoms with van der Waals surface area (Å²) in [5, 5.41) is 10.5. The zero-order chi connectivity index (χ0) is 21.1. The number of thiazole rings is 1. The van der Waals surface area contributed by atoms with Crippen LogP contribution in [0.25, 0.3) is 11.1 Å². The van der Waals surface area contributed by atoms with E-state index in [0.29, 0.717) is 16.4 Å². The number of primary amides is 1. The van der Waals surface area contributed by atoms with Crippen molar-refractivity contribution in [3.8, 4) is 16.9 Å². The Bertz CT molecular complexity index is 1170. The highest BCUT2D eigenvalue weighted by Crippen LogP contribution is 2.30. The van der Waals surface area contributed by atoms with Gasteiger partial charge in [0.15, 0.2) is 0 Å². The summed E-state index contributed by atoms with van der Waals surface area (Å²) in [4.78, 5) is 15.0. The number of rotatable bonds is 6. The number of nitrogens with two attached hydrogens (primary N) is 2. The van der Waals surface area contributed by atoms with Gasteiger partial charge in [0.05, 0.1) is 5.92 Å². The second-order valence-corrected chi connectivity index (χ2v) is 8.08. The molecule has 30 heavy (non-hydrogen) atoms. The molecule has 4 rings (SSSR count). The molecule has 0 saturated heterocycles. The van der Waals surface area contributed by atoms with Crippen LogP contribution in [-0.4, -0.2) is 11.0 Å². The van der Waals surface area contributed by atoms with Crippen LogP contribution in [0.5, 0.6) is 5.75 Å². The molecular weight excluding hydrogens is 394 g/mol. The average molecular weight is 418 g/mol. The van der Waals surface area contributed by atoms with Gasteiger partial charge in [0.25, 0.3) is 5.75 Å². The normalized spacial score (nSPS) is 11.9. The molecular formula is C24H23N3O2S+2. The molecule has 0 aliphatic carbocycles. The third kappa shape index (κ3) is 4.18. The molecule has 1 atom stereocenters. The third-order valence-electron chi connectivity index (χ3n) is 5.17. The van der Waals surface area contributed by atoms with Gasteiger partial charge >= 0.3 is 5.13 Å². The summed E-state index contributed by atoms with van der Waals surface area (Å²) in [6, 6.07) is 23.2. The van der Waals surface area contributed by atoms with Crippen molar-refractivity contribution in [1.82, 2.24) is 0 Å². The Labute approximate surface area is 178 Å².